The lowest BCUT2D eigenvalue weighted by atomic mass is 10.0. The van der Waals surface area contributed by atoms with Gasteiger partial charge in [0.25, 0.3) is 5.91 Å². The molecule has 1 fully saturated rings. The molecule has 0 spiro atoms. The summed E-state index contributed by atoms with van der Waals surface area (Å²) in [5.74, 6) is -0.274. The molecule has 1 saturated carbocycles. The zero-order valence-electron chi connectivity index (χ0n) is 22.9. The Labute approximate surface area is 234 Å². The third-order valence-electron chi connectivity index (χ3n) is 7.28. The number of nitro groups is 1. The van der Waals surface area contributed by atoms with Crippen LogP contribution in [-0.4, -0.2) is 47.4 Å². The molecule has 1 aliphatic carbocycles. The van der Waals surface area contributed by atoms with Crippen molar-refractivity contribution in [3.63, 3.8) is 0 Å². The molecule has 0 bridgehead atoms. The van der Waals surface area contributed by atoms with E-state index in [0.29, 0.717) is 6.42 Å². The van der Waals surface area contributed by atoms with Crippen LogP contribution in [0.4, 0.5) is 5.69 Å². The number of rotatable bonds is 12. The van der Waals surface area contributed by atoms with Crippen molar-refractivity contribution in [1.29, 1.82) is 0 Å². The third-order valence-corrected chi connectivity index (χ3v) is 7.28. The molecule has 9 heteroatoms. The molecular formula is C31H35N3O6. The summed E-state index contributed by atoms with van der Waals surface area (Å²) in [7, 11) is 1.33. The molecule has 3 aromatic rings. The van der Waals surface area contributed by atoms with E-state index in [-0.39, 0.29) is 48.2 Å². The van der Waals surface area contributed by atoms with Gasteiger partial charge in [-0.15, -0.1) is 0 Å². The molecule has 3 aromatic carbocycles. The van der Waals surface area contributed by atoms with Crippen LogP contribution < -0.4 is 14.8 Å². The van der Waals surface area contributed by atoms with Crippen LogP contribution in [0.15, 0.2) is 72.8 Å². The largest absolute Gasteiger partial charge is 0.490 e. The summed E-state index contributed by atoms with van der Waals surface area (Å²) in [4.78, 5) is 39.9. The number of carbonyl (C=O) groups is 2. The number of nitro benzene ring substituents is 1. The molecule has 40 heavy (non-hydrogen) atoms. The summed E-state index contributed by atoms with van der Waals surface area (Å²) in [5.41, 5.74) is 2.68. The molecule has 1 N–H and O–H groups in total. The van der Waals surface area contributed by atoms with Crippen LogP contribution in [0.1, 0.15) is 42.4 Å². The highest BCUT2D eigenvalue weighted by atomic mass is 16.6. The molecular weight excluding hydrogens is 510 g/mol. The Morgan fingerprint density at radius 2 is 1.75 bits per heavy atom. The predicted molar refractivity (Wildman–Crippen MR) is 151 cm³/mol. The second-order valence-electron chi connectivity index (χ2n) is 10.0. The first kappa shape index (κ1) is 28.6. The summed E-state index contributed by atoms with van der Waals surface area (Å²) < 4.78 is 10.9. The molecule has 0 aromatic heterocycles. The summed E-state index contributed by atoms with van der Waals surface area (Å²) in [5, 5.41) is 14.4. The maximum absolute atomic E-state index is 13.8. The van der Waals surface area contributed by atoms with Crippen molar-refractivity contribution < 1.29 is 24.0 Å². The number of aryl methyl sites for hydroxylation is 1. The normalized spacial score (nSPS) is 13.8. The van der Waals surface area contributed by atoms with Crippen molar-refractivity contribution in [1.82, 2.24) is 10.2 Å². The average molecular weight is 546 g/mol. The van der Waals surface area contributed by atoms with Gasteiger partial charge in [-0.3, -0.25) is 19.7 Å². The van der Waals surface area contributed by atoms with Crippen LogP contribution in [0.2, 0.25) is 0 Å². The van der Waals surface area contributed by atoms with Crippen molar-refractivity contribution in [2.45, 2.75) is 57.7 Å². The number of hydrogen-bond acceptors (Lipinski definition) is 6. The third kappa shape index (κ3) is 7.37. The van der Waals surface area contributed by atoms with Crippen molar-refractivity contribution >= 4 is 17.5 Å². The van der Waals surface area contributed by atoms with E-state index in [1.165, 1.54) is 25.3 Å². The fourth-order valence-corrected chi connectivity index (χ4v) is 5.02. The van der Waals surface area contributed by atoms with Crippen LogP contribution in [0.5, 0.6) is 11.5 Å². The van der Waals surface area contributed by atoms with Gasteiger partial charge in [0.15, 0.2) is 6.61 Å². The van der Waals surface area contributed by atoms with E-state index in [4.69, 9.17) is 9.47 Å². The Kier molecular flexibility index (Phi) is 9.72. The maximum atomic E-state index is 13.8. The van der Waals surface area contributed by atoms with Gasteiger partial charge in [0.1, 0.15) is 11.8 Å². The van der Waals surface area contributed by atoms with Gasteiger partial charge in [-0.1, -0.05) is 67.4 Å². The SMILES string of the molecule is COc1cc(OCC(=O)N(Cc2ccccc2C)C(Cc2ccccc2)C(=O)NC2CCCC2)ccc1[N+](=O)[O-]. The van der Waals surface area contributed by atoms with E-state index in [1.807, 2.05) is 61.5 Å². The molecule has 0 heterocycles. The van der Waals surface area contributed by atoms with Crippen LogP contribution >= 0.6 is 0 Å². The topological polar surface area (TPSA) is 111 Å². The standard InChI is InChI=1S/C31H35N3O6/c1-22-10-6-7-13-24(22)20-33(30(35)21-40-26-16-17-27(34(37)38)29(19-26)39-2)28(18-23-11-4-3-5-12-23)31(36)32-25-14-8-9-15-25/h3-7,10-13,16-17,19,25,28H,8-9,14-15,18,20-21H2,1-2H3,(H,32,36). The molecule has 1 unspecified atom stereocenters. The summed E-state index contributed by atoms with van der Waals surface area (Å²) in [6.07, 6.45) is 4.36. The molecule has 0 saturated heterocycles. The number of methoxy groups -OCH3 is 1. The lowest BCUT2D eigenvalue weighted by molar-refractivity contribution is -0.385. The molecule has 210 valence electrons. The fraction of sp³-hybridized carbons (Fsp3) is 0.355. The quantitative estimate of drug-likeness (QED) is 0.254. The number of hydrogen-bond donors (Lipinski definition) is 1. The second-order valence-corrected chi connectivity index (χ2v) is 10.0. The summed E-state index contributed by atoms with van der Waals surface area (Å²) >= 11 is 0. The first-order valence-corrected chi connectivity index (χ1v) is 13.5. The van der Waals surface area contributed by atoms with Gasteiger partial charge >= 0.3 is 5.69 Å². The van der Waals surface area contributed by atoms with E-state index in [2.05, 4.69) is 5.32 Å². The monoisotopic (exact) mass is 545 g/mol. The molecule has 4 rings (SSSR count). The van der Waals surface area contributed by atoms with Crippen LogP contribution in [-0.2, 0) is 22.6 Å². The average Bonchev–Trinajstić information content (AvgIpc) is 3.47. The smallest absolute Gasteiger partial charge is 0.311 e. The van der Waals surface area contributed by atoms with Gasteiger partial charge in [0.05, 0.1) is 12.0 Å². The Morgan fingerprint density at radius 3 is 2.42 bits per heavy atom. The van der Waals surface area contributed by atoms with Crippen molar-refractivity contribution in [3.05, 3.63) is 99.6 Å². The molecule has 1 aliphatic rings. The highest BCUT2D eigenvalue weighted by Gasteiger charge is 2.32. The molecule has 9 nitrogen and oxygen atoms in total. The minimum absolute atomic E-state index is 0.0320. The van der Waals surface area contributed by atoms with Gasteiger partial charge in [-0.2, -0.15) is 0 Å². The number of amides is 2. The van der Waals surface area contributed by atoms with Gasteiger partial charge in [0, 0.05) is 31.1 Å². The van der Waals surface area contributed by atoms with Crippen molar-refractivity contribution in [2.24, 2.45) is 0 Å². The minimum Gasteiger partial charge on any atom is -0.490 e. The number of benzene rings is 3. The predicted octanol–water partition coefficient (Wildman–Crippen LogP) is 4.99. The minimum atomic E-state index is -0.759. The molecule has 2 amide bonds. The molecule has 0 radical (unpaired) electrons. The Bertz CT molecular complexity index is 1320. The number of nitrogens with zero attached hydrogens (tertiary/aromatic N) is 2. The molecule has 1 atom stereocenters. The van der Waals surface area contributed by atoms with Gasteiger partial charge < -0.3 is 19.7 Å². The fourth-order valence-electron chi connectivity index (χ4n) is 5.02. The van der Waals surface area contributed by atoms with Crippen LogP contribution in [0.25, 0.3) is 0 Å². The first-order valence-electron chi connectivity index (χ1n) is 13.5. The van der Waals surface area contributed by atoms with E-state index in [0.717, 1.165) is 42.4 Å². The van der Waals surface area contributed by atoms with Crippen LogP contribution in [0, 0.1) is 17.0 Å². The first-order chi connectivity index (χ1) is 19.4. The maximum Gasteiger partial charge on any atom is 0.311 e. The highest BCUT2D eigenvalue weighted by Crippen LogP contribution is 2.31. The van der Waals surface area contributed by atoms with Gasteiger partial charge in [-0.05, 0) is 42.5 Å². The lowest BCUT2D eigenvalue weighted by Gasteiger charge is -2.32. The summed E-state index contributed by atoms with van der Waals surface area (Å²) in [6, 6.07) is 20.8. The van der Waals surface area contributed by atoms with E-state index in [9.17, 15) is 19.7 Å². The number of ether oxygens (including phenoxy) is 2. The van der Waals surface area contributed by atoms with E-state index in [1.54, 1.807) is 4.90 Å². The lowest BCUT2D eigenvalue weighted by Crippen LogP contribution is -2.53. The Balaban J connectivity index is 1.62. The summed E-state index contributed by atoms with van der Waals surface area (Å²) in [6.45, 7) is 1.85. The zero-order chi connectivity index (χ0) is 28.5. The van der Waals surface area contributed by atoms with Gasteiger partial charge in [-0.25, -0.2) is 0 Å². The van der Waals surface area contributed by atoms with E-state index < -0.39 is 11.0 Å². The molecule has 0 aliphatic heterocycles. The van der Waals surface area contributed by atoms with Gasteiger partial charge in [0.2, 0.25) is 11.7 Å². The zero-order valence-corrected chi connectivity index (χ0v) is 22.9. The van der Waals surface area contributed by atoms with Crippen LogP contribution in [0.3, 0.4) is 0 Å². The number of carbonyl (C=O) groups excluding carboxylic acids is 2. The number of nitrogens with one attached hydrogen (secondary N) is 1. The Morgan fingerprint density at radius 1 is 1.05 bits per heavy atom. The van der Waals surface area contributed by atoms with Crippen molar-refractivity contribution in [3.8, 4) is 11.5 Å². The van der Waals surface area contributed by atoms with E-state index >= 15 is 0 Å². The second kappa shape index (κ2) is 13.6. The Hall–Kier alpha value is -4.40. The van der Waals surface area contributed by atoms with Crippen molar-refractivity contribution in [2.75, 3.05) is 13.7 Å². The highest BCUT2D eigenvalue weighted by molar-refractivity contribution is 5.88.